The average molecular weight is 353 g/mol. The van der Waals surface area contributed by atoms with Crippen LogP contribution in [0.1, 0.15) is 44.1 Å². The molecule has 1 aromatic carbocycles. The molecule has 0 spiro atoms. The van der Waals surface area contributed by atoms with E-state index in [1.807, 2.05) is 32.0 Å². The fraction of sp³-hybridized carbons (Fsp3) is 0.476. The molecule has 0 saturated heterocycles. The number of benzene rings is 1. The van der Waals surface area contributed by atoms with Gasteiger partial charge in [0.1, 0.15) is 11.9 Å². The predicted octanol–water partition coefficient (Wildman–Crippen LogP) is 3.62. The van der Waals surface area contributed by atoms with Gasteiger partial charge in [0.15, 0.2) is 5.82 Å². The Hall–Kier alpha value is -2.43. The van der Waals surface area contributed by atoms with Gasteiger partial charge in [-0.25, -0.2) is 9.97 Å². The van der Waals surface area contributed by atoms with Crippen LogP contribution < -0.4 is 10.1 Å². The van der Waals surface area contributed by atoms with Gasteiger partial charge in [-0.05, 0) is 37.0 Å². The third-order valence-corrected chi connectivity index (χ3v) is 4.27. The number of ether oxygens (including phenoxy) is 1. The summed E-state index contributed by atoms with van der Waals surface area (Å²) in [6.07, 6.45) is 1.24. The second kappa shape index (κ2) is 7.06. The van der Waals surface area contributed by atoms with Crippen LogP contribution in [0, 0.1) is 19.3 Å². The molecule has 5 nitrogen and oxygen atoms in total. The Balaban J connectivity index is 1.72. The van der Waals surface area contributed by atoms with Gasteiger partial charge in [0.05, 0.1) is 12.1 Å². The number of nitrogens with zero attached hydrogens (tertiary/aromatic N) is 2. The van der Waals surface area contributed by atoms with Crippen LogP contribution >= 0.6 is 0 Å². The van der Waals surface area contributed by atoms with Crippen LogP contribution in [-0.4, -0.2) is 28.5 Å². The highest BCUT2D eigenvalue weighted by Crippen LogP contribution is 2.37. The van der Waals surface area contributed by atoms with Crippen molar-refractivity contribution in [2.75, 3.05) is 6.54 Å². The molecule has 26 heavy (non-hydrogen) atoms. The van der Waals surface area contributed by atoms with E-state index in [-0.39, 0.29) is 17.4 Å². The largest absolute Gasteiger partial charge is 0.487 e. The van der Waals surface area contributed by atoms with Crippen molar-refractivity contribution in [1.82, 2.24) is 15.3 Å². The van der Waals surface area contributed by atoms with Gasteiger partial charge in [-0.2, -0.15) is 0 Å². The predicted molar refractivity (Wildman–Crippen MR) is 102 cm³/mol. The van der Waals surface area contributed by atoms with Crippen LogP contribution in [0.4, 0.5) is 0 Å². The number of aryl methyl sites for hydroxylation is 2. The zero-order chi connectivity index (χ0) is 18.9. The summed E-state index contributed by atoms with van der Waals surface area (Å²) in [6, 6.07) is 8.03. The number of nitrogens with one attached hydrogen (secondary N) is 1. The minimum absolute atomic E-state index is 0.0167. The molecule has 2 aromatic rings. The van der Waals surface area contributed by atoms with E-state index < -0.39 is 0 Å². The van der Waals surface area contributed by atoms with Gasteiger partial charge in [-0.1, -0.05) is 32.9 Å². The Bertz CT molecular complexity index is 804. The molecule has 1 aliphatic heterocycles. The Morgan fingerprint density at radius 2 is 1.92 bits per heavy atom. The summed E-state index contributed by atoms with van der Waals surface area (Å²) in [5.74, 6) is 1.60. The van der Waals surface area contributed by atoms with Crippen LogP contribution in [0.15, 0.2) is 24.3 Å². The third kappa shape index (κ3) is 4.40. The Labute approximate surface area is 155 Å². The lowest BCUT2D eigenvalue weighted by molar-refractivity contribution is -0.123. The van der Waals surface area contributed by atoms with Crippen LogP contribution in [0.3, 0.4) is 0 Å². The van der Waals surface area contributed by atoms with E-state index in [4.69, 9.17) is 4.74 Å². The van der Waals surface area contributed by atoms with Gasteiger partial charge < -0.3 is 10.1 Å². The van der Waals surface area contributed by atoms with Crippen LogP contribution in [0.5, 0.6) is 5.75 Å². The molecule has 1 aliphatic rings. The monoisotopic (exact) mass is 353 g/mol. The van der Waals surface area contributed by atoms with Gasteiger partial charge >= 0.3 is 0 Å². The molecule has 0 unspecified atom stereocenters. The molecule has 5 heteroatoms. The smallest absolute Gasteiger partial charge is 0.220 e. The molecule has 138 valence electrons. The fourth-order valence-electron chi connectivity index (χ4n) is 3.25. The number of aromatic nitrogens is 2. The van der Waals surface area contributed by atoms with Crippen molar-refractivity contribution in [2.45, 2.75) is 53.6 Å². The fourth-order valence-corrected chi connectivity index (χ4v) is 3.25. The number of hydrogen-bond donors (Lipinski definition) is 1. The lowest BCUT2D eigenvalue weighted by atomic mass is 9.92. The summed E-state index contributed by atoms with van der Waals surface area (Å²) < 4.78 is 6.16. The van der Waals surface area contributed by atoms with E-state index in [9.17, 15) is 4.79 Å². The molecular weight excluding hydrogens is 326 g/mol. The molecule has 1 atom stereocenters. The number of carbonyl (C=O) groups excluding carboxylic acids is 1. The summed E-state index contributed by atoms with van der Waals surface area (Å²) in [5.41, 5.74) is 3.92. The first-order chi connectivity index (χ1) is 12.2. The molecular formula is C21H27N3O2. The Morgan fingerprint density at radius 3 is 2.58 bits per heavy atom. The van der Waals surface area contributed by atoms with Crippen molar-refractivity contribution in [3.05, 3.63) is 41.2 Å². The van der Waals surface area contributed by atoms with E-state index in [1.54, 1.807) is 0 Å². The minimum atomic E-state index is -0.0547. The SMILES string of the molecule is Cc1cc(C)nc(-c2cccc3c2O[C@@H](CNC(=O)CC(C)(C)C)C3)n1. The topological polar surface area (TPSA) is 64.1 Å². The molecule has 1 aromatic heterocycles. The molecule has 2 heterocycles. The Kier molecular flexibility index (Phi) is 4.99. The van der Waals surface area contributed by atoms with Gasteiger partial charge in [-0.3, -0.25) is 4.79 Å². The van der Waals surface area contributed by atoms with Gasteiger partial charge in [0, 0.05) is 24.2 Å². The van der Waals surface area contributed by atoms with E-state index >= 15 is 0 Å². The van der Waals surface area contributed by atoms with Crippen LogP contribution in [0.2, 0.25) is 0 Å². The quantitative estimate of drug-likeness (QED) is 0.912. The molecule has 0 bridgehead atoms. The molecule has 0 aliphatic carbocycles. The second-order valence-electron chi connectivity index (χ2n) is 8.25. The first-order valence-electron chi connectivity index (χ1n) is 9.09. The van der Waals surface area contributed by atoms with Crippen molar-refractivity contribution in [3.63, 3.8) is 0 Å². The highest BCUT2D eigenvalue weighted by Gasteiger charge is 2.27. The Morgan fingerprint density at radius 1 is 1.23 bits per heavy atom. The number of amides is 1. The van der Waals surface area contributed by atoms with Crippen LogP contribution in [-0.2, 0) is 11.2 Å². The minimum Gasteiger partial charge on any atom is -0.487 e. The van der Waals surface area contributed by atoms with E-state index in [0.29, 0.717) is 18.8 Å². The molecule has 3 rings (SSSR count). The lowest BCUT2D eigenvalue weighted by Crippen LogP contribution is -2.36. The van der Waals surface area contributed by atoms with Gasteiger partial charge in [0.2, 0.25) is 5.91 Å². The highest BCUT2D eigenvalue weighted by atomic mass is 16.5. The van der Waals surface area contributed by atoms with E-state index in [2.05, 4.69) is 42.1 Å². The molecule has 0 saturated carbocycles. The van der Waals surface area contributed by atoms with Gasteiger partial charge in [0.25, 0.3) is 0 Å². The number of hydrogen-bond acceptors (Lipinski definition) is 4. The van der Waals surface area contributed by atoms with E-state index in [0.717, 1.165) is 34.7 Å². The molecule has 0 radical (unpaired) electrons. The van der Waals surface area contributed by atoms with Crippen molar-refractivity contribution in [2.24, 2.45) is 5.41 Å². The van der Waals surface area contributed by atoms with Crippen LogP contribution in [0.25, 0.3) is 11.4 Å². The molecule has 0 fully saturated rings. The highest BCUT2D eigenvalue weighted by molar-refractivity contribution is 5.76. The number of carbonyl (C=O) groups is 1. The maximum absolute atomic E-state index is 12.1. The zero-order valence-electron chi connectivity index (χ0n) is 16.2. The standard InChI is InChI=1S/C21H27N3O2/c1-13-9-14(2)24-20(23-13)17-8-6-7-15-10-16(26-19(15)17)12-22-18(25)11-21(3,4)5/h6-9,16H,10-12H2,1-5H3,(H,22,25)/t16-/m1/s1. The third-order valence-electron chi connectivity index (χ3n) is 4.27. The normalized spacial score (nSPS) is 16.1. The maximum Gasteiger partial charge on any atom is 0.220 e. The van der Waals surface area contributed by atoms with Crippen molar-refractivity contribution >= 4 is 5.91 Å². The van der Waals surface area contributed by atoms with Gasteiger partial charge in [-0.15, -0.1) is 0 Å². The summed E-state index contributed by atoms with van der Waals surface area (Å²) in [4.78, 5) is 21.2. The number of para-hydroxylation sites is 1. The summed E-state index contributed by atoms with van der Waals surface area (Å²) in [5, 5.41) is 3.00. The first kappa shape index (κ1) is 18.4. The van der Waals surface area contributed by atoms with E-state index in [1.165, 1.54) is 0 Å². The number of fused-ring (bicyclic) bond motifs is 1. The average Bonchev–Trinajstić information content (AvgIpc) is 2.93. The molecule has 1 amide bonds. The van der Waals surface area contributed by atoms with Crippen molar-refractivity contribution < 1.29 is 9.53 Å². The summed E-state index contributed by atoms with van der Waals surface area (Å²) >= 11 is 0. The molecule has 1 N–H and O–H groups in total. The lowest BCUT2D eigenvalue weighted by Gasteiger charge is -2.18. The second-order valence-corrected chi connectivity index (χ2v) is 8.25. The summed E-state index contributed by atoms with van der Waals surface area (Å²) in [6.45, 7) is 10.6. The first-order valence-corrected chi connectivity index (χ1v) is 9.09. The number of rotatable bonds is 4. The summed E-state index contributed by atoms with van der Waals surface area (Å²) in [7, 11) is 0. The van der Waals surface area contributed by atoms with Crippen molar-refractivity contribution in [3.8, 4) is 17.1 Å². The zero-order valence-corrected chi connectivity index (χ0v) is 16.2. The van der Waals surface area contributed by atoms with Crippen molar-refractivity contribution in [1.29, 1.82) is 0 Å². The maximum atomic E-state index is 12.1.